The van der Waals surface area contributed by atoms with E-state index in [1.165, 1.54) is 5.56 Å². The fraction of sp³-hybridized carbons (Fsp3) is 0.394. The molecular formula is C33H44N6O3. The van der Waals surface area contributed by atoms with Crippen molar-refractivity contribution in [3.8, 4) is 5.75 Å². The van der Waals surface area contributed by atoms with Crippen molar-refractivity contribution in [3.63, 3.8) is 0 Å². The van der Waals surface area contributed by atoms with Gasteiger partial charge in [-0.15, -0.1) is 0 Å². The van der Waals surface area contributed by atoms with E-state index in [4.69, 9.17) is 4.74 Å². The summed E-state index contributed by atoms with van der Waals surface area (Å²) in [7, 11) is 5.73. The molecule has 3 aromatic carbocycles. The molecule has 0 bridgehead atoms. The summed E-state index contributed by atoms with van der Waals surface area (Å²) in [5, 5.41) is 8.85. The predicted octanol–water partition coefficient (Wildman–Crippen LogP) is 5.47. The molecule has 3 aromatic rings. The van der Waals surface area contributed by atoms with Crippen LogP contribution in [0.25, 0.3) is 0 Å². The Bertz CT molecular complexity index is 1330. The molecule has 3 amide bonds. The number of nitrogens with zero attached hydrogens (tertiary/aromatic N) is 3. The molecular weight excluding hydrogens is 528 g/mol. The second-order valence-corrected chi connectivity index (χ2v) is 11.1. The zero-order chi connectivity index (χ0) is 30.1. The number of piperazine rings is 1. The maximum absolute atomic E-state index is 13.4. The first-order valence-electron chi connectivity index (χ1n) is 14.6. The number of carbonyl (C=O) groups is 2. The molecule has 1 saturated heterocycles. The van der Waals surface area contributed by atoms with Gasteiger partial charge in [-0.3, -0.25) is 4.79 Å². The Morgan fingerprint density at radius 1 is 0.857 bits per heavy atom. The Hall–Kier alpha value is -4.24. The first-order valence-corrected chi connectivity index (χ1v) is 14.6. The Balaban J connectivity index is 1.48. The van der Waals surface area contributed by atoms with Crippen LogP contribution in [0.5, 0.6) is 5.75 Å². The summed E-state index contributed by atoms with van der Waals surface area (Å²) >= 11 is 0. The van der Waals surface area contributed by atoms with E-state index in [1.807, 2.05) is 68.7 Å². The standard InChI is InChI=1S/C33H44N6O3/c1-24(2)25-11-13-26(14-12-25)35-33(41)36-27-15-16-29(28(23-27)32(40)34-17-8-18-37(3)4)38-19-21-39(22-20-38)30-9-6-7-10-31(30)42-5/h6-7,9-16,23-24H,8,17-22H2,1-5H3,(H,34,40)(H2,35,36,41). The smallest absolute Gasteiger partial charge is 0.323 e. The normalized spacial score (nSPS) is 13.3. The first kappa shape index (κ1) is 30.7. The van der Waals surface area contributed by atoms with Crippen molar-refractivity contribution in [2.45, 2.75) is 26.2 Å². The minimum absolute atomic E-state index is 0.149. The van der Waals surface area contributed by atoms with E-state index in [1.54, 1.807) is 13.2 Å². The summed E-state index contributed by atoms with van der Waals surface area (Å²) in [5.74, 6) is 1.13. The summed E-state index contributed by atoms with van der Waals surface area (Å²) in [6, 6.07) is 21.1. The van der Waals surface area contributed by atoms with Crippen LogP contribution < -0.4 is 30.5 Å². The molecule has 9 heteroatoms. The molecule has 1 aliphatic rings. The highest BCUT2D eigenvalue weighted by atomic mass is 16.5. The number of hydrogen-bond donors (Lipinski definition) is 3. The van der Waals surface area contributed by atoms with Crippen molar-refractivity contribution in [2.75, 3.05) is 80.9 Å². The molecule has 4 rings (SSSR count). The lowest BCUT2D eigenvalue weighted by molar-refractivity contribution is 0.0952. The lowest BCUT2D eigenvalue weighted by Crippen LogP contribution is -2.47. The summed E-state index contributed by atoms with van der Waals surface area (Å²) in [6.07, 6.45) is 0.849. The van der Waals surface area contributed by atoms with E-state index in [0.29, 0.717) is 29.4 Å². The van der Waals surface area contributed by atoms with Crippen LogP contribution in [-0.2, 0) is 0 Å². The molecule has 9 nitrogen and oxygen atoms in total. The molecule has 1 fully saturated rings. The molecule has 1 aliphatic heterocycles. The Morgan fingerprint density at radius 3 is 2.12 bits per heavy atom. The van der Waals surface area contributed by atoms with E-state index in [0.717, 1.165) is 56.3 Å². The highest BCUT2D eigenvalue weighted by Crippen LogP contribution is 2.31. The van der Waals surface area contributed by atoms with Crippen molar-refractivity contribution in [1.82, 2.24) is 10.2 Å². The highest BCUT2D eigenvalue weighted by Gasteiger charge is 2.24. The Labute approximate surface area is 249 Å². The number of methoxy groups -OCH3 is 1. The van der Waals surface area contributed by atoms with E-state index in [-0.39, 0.29) is 11.9 Å². The highest BCUT2D eigenvalue weighted by molar-refractivity contribution is 6.04. The molecule has 0 saturated carbocycles. The average Bonchev–Trinajstić information content (AvgIpc) is 2.99. The molecule has 1 heterocycles. The fourth-order valence-electron chi connectivity index (χ4n) is 5.09. The van der Waals surface area contributed by atoms with Gasteiger partial charge in [-0.05, 0) is 81.0 Å². The number of urea groups is 1. The zero-order valence-corrected chi connectivity index (χ0v) is 25.4. The van der Waals surface area contributed by atoms with Gasteiger partial charge in [0.2, 0.25) is 0 Å². The number of para-hydroxylation sites is 2. The van der Waals surface area contributed by atoms with Crippen LogP contribution in [0.2, 0.25) is 0 Å². The van der Waals surface area contributed by atoms with Gasteiger partial charge in [0.05, 0.1) is 18.4 Å². The minimum Gasteiger partial charge on any atom is -0.495 e. The first-order chi connectivity index (χ1) is 20.2. The second kappa shape index (κ2) is 14.6. The number of amides is 3. The van der Waals surface area contributed by atoms with E-state index < -0.39 is 0 Å². The monoisotopic (exact) mass is 572 g/mol. The van der Waals surface area contributed by atoms with Crippen LogP contribution in [0.4, 0.5) is 27.5 Å². The van der Waals surface area contributed by atoms with E-state index >= 15 is 0 Å². The number of rotatable bonds is 11. The van der Waals surface area contributed by atoms with Gasteiger partial charge in [-0.25, -0.2) is 4.79 Å². The van der Waals surface area contributed by atoms with E-state index in [9.17, 15) is 9.59 Å². The van der Waals surface area contributed by atoms with Crippen LogP contribution in [0.3, 0.4) is 0 Å². The summed E-state index contributed by atoms with van der Waals surface area (Å²) in [4.78, 5) is 32.9. The summed E-state index contributed by atoms with van der Waals surface area (Å²) in [5.41, 5.74) is 4.95. The van der Waals surface area contributed by atoms with Crippen LogP contribution in [0, 0.1) is 0 Å². The van der Waals surface area contributed by atoms with Crippen molar-refractivity contribution < 1.29 is 14.3 Å². The summed E-state index contributed by atoms with van der Waals surface area (Å²) < 4.78 is 5.57. The van der Waals surface area contributed by atoms with Crippen LogP contribution in [0.15, 0.2) is 66.7 Å². The van der Waals surface area contributed by atoms with Gasteiger partial charge in [-0.2, -0.15) is 0 Å². The number of benzene rings is 3. The molecule has 0 unspecified atom stereocenters. The number of nitrogens with one attached hydrogen (secondary N) is 3. The number of anilines is 4. The molecule has 0 aliphatic carbocycles. The van der Waals surface area contributed by atoms with Crippen LogP contribution in [0.1, 0.15) is 42.1 Å². The lowest BCUT2D eigenvalue weighted by atomic mass is 10.0. The quantitative estimate of drug-likeness (QED) is 0.264. The van der Waals surface area contributed by atoms with Crippen molar-refractivity contribution in [1.29, 1.82) is 0 Å². The second-order valence-electron chi connectivity index (χ2n) is 11.1. The van der Waals surface area contributed by atoms with Gasteiger partial charge >= 0.3 is 6.03 Å². The molecule has 224 valence electrons. The number of hydrogen-bond acceptors (Lipinski definition) is 6. The zero-order valence-electron chi connectivity index (χ0n) is 25.4. The van der Waals surface area contributed by atoms with Gasteiger partial charge in [0.1, 0.15) is 5.75 Å². The van der Waals surface area contributed by atoms with Gasteiger partial charge in [0.25, 0.3) is 5.91 Å². The van der Waals surface area contributed by atoms with Gasteiger partial charge in [-0.1, -0.05) is 38.1 Å². The van der Waals surface area contributed by atoms with Crippen molar-refractivity contribution >= 4 is 34.7 Å². The van der Waals surface area contributed by atoms with Gasteiger partial charge < -0.3 is 35.4 Å². The van der Waals surface area contributed by atoms with E-state index in [2.05, 4.69) is 50.6 Å². The molecule has 3 N–H and O–H groups in total. The third-order valence-electron chi connectivity index (χ3n) is 7.45. The van der Waals surface area contributed by atoms with Gasteiger partial charge in [0, 0.05) is 49.8 Å². The SMILES string of the molecule is COc1ccccc1N1CCN(c2ccc(NC(=O)Nc3ccc(C(C)C)cc3)cc2C(=O)NCCCN(C)C)CC1. The molecule has 0 radical (unpaired) electrons. The average molecular weight is 573 g/mol. The maximum Gasteiger partial charge on any atom is 0.323 e. The predicted molar refractivity (Wildman–Crippen MR) is 173 cm³/mol. The lowest BCUT2D eigenvalue weighted by Gasteiger charge is -2.38. The number of ether oxygens (including phenoxy) is 1. The van der Waals surface area contributed by atoms with Crippen LogP contribution in [-0.4, -0.2) is 77.3 Å². The molecule has 0 spiro atoms. The number of carbonyl (C=O) groups excluding carboxylic acids is 2. The minimum atomic E-state index is -0.359. The van der Waals surface area contributed by atoms with Crippen LogP contribution >= 0.6 is 0 Å². The Kier molecular flexibility index (Phi) is 10.7. The molecule has 0 atom stereocenters. The third-order valence-corrected chi connectivity index (χ3v) is 7.45. The maximum atomic E-state index is 13.4. The van der Waals surface area contributed by atoms with Crippen molar-refractivity contribution in [3.05, 3.63) is 77.9 Å². The topological polar surface area (TPSA) is 89.2 Å². The fourth-order valence-corrected chi connectivity index (χ4v) is 5.09. The summed E-state index contributed by atoms with van der Waals surface area (Å²) in [6.45, 7) is 8.81. The largest absolute Gasteiger partial charge is 0.495 e. The third kappa shape index (κ3) is 8.16. The molecule has 0 aromatic heterocycles. The Morgan fingerprint density at radius 2 is 1.48 bits per heavy atom. The van der Waals surface area contributed by atoms with Crippen molar-refractivity contribution in [2.24, 2.45) is 0 Å². The molecule has 42 heavy (non-hydrogen) atoms. The van der Waals surface area contributed by atoms with Gasteiger partial charge in [0.15, 0.2) is 0 Å².